The third-order valence-electron chi connectivity index (χ3n) is 9.87. The maximum absolute atomic E-state index is 13.4. The first-order valence-electron chi connectivity index (χ1n) is 16.1. The summed E-state index contributed by atoms with van der Waals surface area (Å²) in [6.07, 6.45) is 2.66. The van der Waals surface area contributed by atoms with Crippen LogP contribution >= 0.6 is 0 Å². The van der Waals surface area contributed by atoms with E-state index >= 15 is 0 Å². The van der Waals surface area contributed by atoms with Crippen molar-refractivity contribution in [2.24, 2.45) is 11.8 Å². The van der Waals surface area contributed by atoms with Crippen molar-refractivity contribution in [1.82, 2.24) is 9.80 Å². The van der Waals surface area contributed by atoms with E-state index in [1.54, 1.807) is 76.2 Å². The highest BCUT2D eigenvalue weighted by molar-refractivity contribution is 6.03. The normalized spacial score (nSPS) is 18.3. The monoisotopic (exact) mass is 632 g/mol. The number of hydrogen-bond acceptors (Lipinski definition) is 6. The molecule has 2 fully saturated rings. The average molecular weight is 633 g/mol. The molecule has 4 rings (SSSR count). The smallest absolute Gasteiger partial charge is 0.330 e. The van der Waals surface area contributed by atoms with Crippen LogP contribution in [0.1, 0.15) is 99.8 Å². The molecule has 2 atom stereocenters. The van der Waals surface area contributed by atoms with E-state index in [0.29, 0.717) is 49.9 Å². The molecule has 0 radical (unpaired) electrons. The highest BCUT2D eigenvalue weighted by atomic mass is 16.4. The van der Waals surface area contributed by atoms with Crippen LogP contribution in [0.5, 0.6) is 0 Å². The number of benzene rings is 2. The Bertz CT molecular complexity index is 1380. The number of carbonyl (C=O) groups excluding carboxylic acids is 4. The molecule has 10 nitrogen and oxygen atoms in total. The number of likely N-dealkylation sites (tertiary alicyclic amines) is 2. The van der Waals surface area contributed by atoms with Gasteiger partial charge < -0.3 is 20.0 Å². The summed E-state index contributed by atoms with van der Waals surface area (Å²) in [6, 6.07) is 13.5. The Morgan fingerprint density at radius 2 is 0.935 bits per heavy atom. The van der Waals surface area contributed by atoms with Crippen molar-refractivity contribution in [3.63, 3.8) is 0 Å². The predicted molar refractivity (Wildman–Crippen MR) is 171 cm³/mol. The largest absolute Gasteiger partial charge is 0.479 e. The van der Waals surface area contributed by atoms with Gasteiger partial charge in [0, 0.05) is 49.9 Å². The summed E-state index contributed by atoms with van der Waals surface area (Å²) in [4.78, 5) is 80.3. The number of amides is 2. The molecule has 2 saturated heterocycles. The first kappa shape index (κ1) is 34.5. The molecule has 0 spiro atoms. The van der Waals surface area contributed by atoms with Crippen molar-refractivity contribution in [1.29, 1.82) is 0 Å². The maximum atomic E-state index is 13.4. The fraction of sp³-hybridized carbons (Fsp3) is 0.500. The minimum absolute atomic E-state index is 0.245. The minimum atomic E-state index is -1.63. The van der Waals surface area contributed by atoms with Crippen LogP contribution in [-0.4, -0.2) is 79.5 Å². The van der Waals surface area contributed by atoms with E-state index in [9.17, 15) is 39.0 Å². The molecule has 0 saturated carbocycles. The highest BCUT2D eigenvalue weighted by Crippen LogP contribution is 2.36. The standard InChI is InChI=1S/C36H44N2O8/c1-23(2)35(33(43)44,37-19-7-5-9-31(37)41)21-29(39)27-15-11-25(12-16-27)26-13-17-28(18-14-26)30(40)22-36(24(3)4,34(45)46)38-20-8-6-10-32(38)42/h11-18,23-24H,5-10,19-22H2,1-4H3,(H,43,44)(H,45,46)/t35-,36-/m0/s1. The quantitative estimate of drug-likeness (QED) is 0.276. The number of carboxylic acid groups (broad SMARTS) is 2. The van der Waals surface area contributed by atoms with Gasteiger partial charge in [-0.1, -0.05) is 76.2 Å². The van der Waals surface area contributed by atoms with Gasteiger partial charge in [-0.3, -0.25) is 19.2 Å². The van der Waals surface area contributed by atoms with E-state index in [-0.39, 0.29) is 49.1 Å². The number of nitrogens with zero attached hydrogens (tertiary/aromatic N) is 2. The molecule has 2 aromatic rings. The summed E-state index contributed by atoms with van der Waals surface area (Å²) in [5.41, 5.74) is -1.09. The van der Waals surface area contributed by atoms with Crippen molar-refractivity contribution in [3.8, 4) is 11.1 Å². The Morgan fingerprint density at radius 3 is 1.20 bits per heavy atom. The second kappa shape index (κ2) is 14.0. The van der Waals surface area contributed by atoms with E-state index in [1.165, 1.54) is 9.80 Å². The maximum Gasteiger partial charge on any atom is 0.330 e. The lowest BCUT2D eigenvalue weighted by Gasteiger charge is -2.45. The van der Waals surface area contributed by atoms with Gasteiger partial charge in [0.05, 0.1) is 0 Å². The zero-order chi connectivity index (χ0) is 33.8. The van der Waals surface area contributed by atoms with Gasteiger partial charge in [-0.15, -0.1) is 0 Å². The van der Waals surface area contributed by atoms with Gasteiger partial charge in [0.25, 0.3) is 0 Å². The lowest BCUT2D eigenvalue weighted by atomic mass is 9.77. The van der Waals surface area contributed by atoms with Gasteiger partial charge in [-0.25, -0.2) is 9.59 Å². The summed E-state index contributed by atoms with van der Waals surface area (Å²) < 4.78 is 0. The van der Waals surface area contributed by atoms with Gasteiger partial charge in [0.2, 0.25) is 11.8 Å². The lowest BCUT2D eigenvalue weighted by molar-refractivity contribution is -0.164. The number of piperidine rings is 2. The molecular formula is C36H44N2O8. The molecule has 246 valence electrons. The third kappa shape index (κ3) is 6.48. The van der Waals surface area contributed by atoms with Gasteiger partial charge in [-0.2, -0.15) is 0 Å². The van der Waals surface area contributed by atoms with Crippen LogP contribution in [-0.2, 0) is 19.2 Å². The number of rotatable bonds is 13. The molecule has 2 aromatic carbocycles. The van der Waals surface area contributed by atoms with E-state index < -0.39 is 34.9 Å². The average Bonchev–Trinajstić information content (AvgIpc) is 3.02. The van der Waals surface area contributed by atoms with Crippen molar-refractivity contribution in [2.75, 3.05) is 13.1 Å². The molecule has 2 aliphatic rings. The summed E-state index contributed by atoms with van der Waals surface area (Å²) in [5, 5.41) is 20.6. The number of carboxylic acids is 2. The van der Waals surface area contributed by atoms with E-state index in [1.807, 2.05) is 0 Å². The second-order valence-corrected chi connectivity index (χ2v) is 13.1. The van der Waals surface area contributed by atoms with Crippen LogP contribution in [0, 0.1) is 11.8 Å². The highest BCUT2D eigenvalue weighted by Gasteiger charge is 2.52. The van der Waals surface area contributed by atoms with Crippen LogP contribution in [0.3, 0.4) is 0 Å². The summed E-state index contributed by atoms with van der Waals surface area (Å²) in [5.74, 6) is -4.59. The molecular weight excluding hydrogens is 588 g/mol. The van der Waals surface area contributed by atoms with Gasteiger partial charge in [0.15, 0.2) is 11.6 Å². The van der Waals surface area contributed by atoms with Gasteiger partial charge >= 0.3 is 11.9 Å². The molecule has 2 amide bonds. The van der Waals surface area contributed by atoms with Gasteiger partial charge in [0.1, 0.15) is 11.1 Å². The SMILES string of the molecule is CC(C)[C@@](CC(=O)c1ccc(-c2ccc(C(=O)C[C@@](C(=O)O)(C(C)C)N3CCCCC3=O)cc2)cc1)(C(=O)O)N1CCCCC1=O. The van der Waals surface area contributed by atoms with Crippen molar-refractivity contribution in [2.45, 2.75) is 90.1 Å². The number of carbonyl (C=O) groups is 6. The van der Waals surface area contributed by atoms with Crippen molar-refractivity contribution in [3.05, 3.63) is 59.7 Å². The van der Waals surface area contributed by atoms with Crippen LogP contribution in [0.2, 0.25) is 0 Å². The minimum Gasteiger partial charge on any atom is -0.479 e. The third-order valence-corrected chi connectivity index (χ3v) is 9.87. The zero-order valence-corrected chi connectivity index (χ0v) is 27.1. The molecule has 2 aliphatic heterocycles. The first-order valence-corrected chi connectivity index (χ1v) is 16.1. The fourth-order valence-electron chi connectivity index (χ4n) is 6.94. The zero-order valence-electron chi connectivity index (χ0n) is 27.1. The molecule has 2 N–H and O–H groups in total. The van der Waals surface area contributed by atoms with Crippen LogP contribution in [0.4, 0.5) is 0 Å². The molecule has 46 heavy (non-hydrogen) atoms. The van der Waals surface area contributed by atoms with E-state index in [0.717, 1.165) is 11.1 Å². The van der Waals surface area contributed by atoms with Crippen LogP contribution in [0.15, 0.2) is 48.5 Å². The molecule has 0 aromatic heterocycles. The molecule has 2 heterocycles. The number of Topliss-reactive ketones (excluding diaryl/α,β-unsaturated/α-hetero) is 2. The topological polar surface area (TPSA) is 149 Å². The van der Waals surface area contributed by atoms with Crippen LogP contribution in [0.25, 0.3) is 11.1 Å². The molecule has 0 unspecified atom stereocenters. The molecule has 10 heteroatoms. The van der Waals surface area contributed by atoms with Crippen LogP contribution < -0.4 is 0 Å². The van der Waals surface area contributed by atoms with Gasteiger partial charge in [-0.05, 0) is 48.6 Å². The number of ketones is 2. The Balaban J connectivity index is 1.52. The Labute approximate surface area is 269 Å². The molecule has 0 bridgehead atoms. The van der Waals surface area contributed by atoms with E-state index in [4.69, 9.17) is 0 Å². The molecule has 0 aliphatic carbocycles. The first-order chi connectivity index (χ1) is 21.7. The number of hydrogen-bond donors (Lipinski definition) is 2. The van der Waals surface area contributed by atoms with E-state index in [2.05, 4.69) is 0 Å². The Hall–Kier alpha value is -4.34. The predicted octanol–water partition coefficient (Wildman–Crippen LogP) is 5.48. The lowest BCUT2D eigenvalue weighted by Crippen LogP contribution is -2.62. The second-order valence-electron chi connectivity index (χ2n) is 13.1. The Kier molecular flexibility index (Phi) is 10.5. The fourth-order valence-corrected chi connectivity index (χ4v) is 6.94. The summed E-state index contributed by atoms with van der Waals surface area (Å²) in [6.45, 7) is 7.49. The van der Waals surface area contributed by atoms with Crippen molar-refractivity contribution >= 4 is 35.3 Å². The Morgan fingerprint density at radius 1 is 0.609 bits per heavy atom. The number of aliphatic carboxylic acids is 2. The summed E-state index contributed by atoms with van der Waals surface area (Å²) in [7, 11) is 0. The summed E-state index contributed by atoms with van der Waals surface area (Å²) >= 11 is 0. The van der Waals surface area contributed by atoms with Crippen molar-refractivity contribution < 1.29 is 39.0 Å².